The van der Waals surface area contributed by atoms with Crippen LogP contribution in [0, 0.1) is 6.92 Å². The molecular weight excluding hydrogens is 356 g/mol. The molecule has 3 heterocycles. The number of nitrogens with one attached hydrogen (secondary N) is 1. The van der Waals surface area contributed by atoms with Gasteiger partial charge in [-0.1, -0.05) is 11.6 Å². The standard InChI is InChI=1S/C21H24N4O3/c1-14-4-5-18-16(9-14)10-17(21(28)23-18)12-24-8-2-3-15(11-24)19-6-7-22-25(19)13-20(26)27/h4-7,9-10,15H,2-3,8,11-13H2,1H3,(H,23,28)(H,26,27)/t15-/m0/s1. The van der Waals surface area contributed by atoms with Crippen molar-refractivity contribution in [2.75, 3.05) is 13.1 Å². The van der Waals surface area contributed by atoms with Crippen LogP contribution in [0.3, 0.4) is 0 Å². The number of carboxylic acids is 1. The summed E-state index contributed by atoms with van der Waals surface area (Å²) in [5.41, 5.74) is 3.69. The van der Waals surface area contributed by atoms with Crippen LogP contribution in [0.2, 0.25) is 0 Å². The van der Waals surface area contributed by atoms with E-state index in [4.69, 9.17) is 5.11 Å². The second-order valence-corrected chi connectivity index (χ2v) is 7.60. The second-order valence-electron chi connectivity index (χ2n) is 7.60. The van der Waals surface area contributed by atoms with Gasteiger partial charge in [0.15, 0.2) is 0 Å². The molecule has 0 radical (unpaired) electrons. The third kappa shape index (κ3) is 3.84. The van der Waals surface area contributed by atoms with Gasteiger partial charge in [0.05, 0.1) is 0 Å². The van der Waals surface area contributed by atoms with Gasteiger partial charge in [-0.3, -0.25) is 19.2 Å². The van der Waals surface area contributed by atoms with Gasteiger partial charge in [-0.15, -0.1) is 0 Å². The van der Waals surface area contributed by atoms with E-state index in [9.17, 15) is 9.59 Å². The van der Waals surface area contributed by atoms with E-state index in [1.807, 2.05) is 31.2 Å². The molecule has 2 N–H and O–H groups in total. The minimum Gasteiger partial charge on any atom is -0.480 e. The number of nitrogens with zero attached hydrogens (tertiary/aromatic N) is 3. The molecule has 7 nitrogen and oxygen atoms in total. The average molecular weight is 380 g/mol. The van der Waals surface area contributed by atoms with Crippen LogP contribution in [0.25, 0.3) is 10.9 Å². The highest BCUT2D eigenvalue weighted by molar-refractivity contribution is 5.79. The number of aromatic nitrogens is 3. The number of pyridine rings is 1. The van der Waals surface area contributed by atoms with Crippen molar-refractivity contribution < 1.29 is 9.90 Å². The fraction of sp³-hybridized carbons (Fsp3) is 0.381. The summed E-state index contributed by atoms with van der Waals surface area (Å²) in [5, 5.41) is 14.3. The van der Waals surface area contributed by atoms with Gasteiger partial charge >= 0.3 is 5.97 Å². The molecule has 28 heavy (non-hydrogen) atoms. The maximum Gasteiger partial charge on any atom is 0.325 e. The fourth-order valence-electron chi connectivity index (χ4n) is 4.12. The van der Waals surface area contributed by atoms with Crippen molar-refractivity contribution in [1.82, 2.24) is 19.7 Å². The molecule has 1 saturated heterocycles. The minimum absolute atomic E-state index is 0.0469. The van der Waals surface area contributed by atoms with E-state index < -0.39 is 5.97 Å². The SMILES string of the molecule is Cc1ccc2[nH]c(=O)c(CN3CCC[C@H](c4ccnn4CC(=O)O)C3)cc2c1. The second kappa shape index (κ2) is 7.59. The zero-order valence-electron chi connectivity index (χ0n) is 15.9. The molecule has 146 valence electrons. The Bertz CT molecular complexity index is 1070. The van der Waals surface area contributed by atoms with E-state index in [1.165, 1.54) is 0 Å². The molecule has 0 amide bonds. The number of carbonyl (C=O) groups is 1. The van der Waals surface area contributed by atoms with Crippen LogP contribution in [-0.2, 0) is 17.9 Å². The Morgan fingerprint density at radius 3 is 3.00 bits per heavy atom. The fourth-order valence-corrected chi connectivity index (χ4v) is 4.12. The highest BCUT2D eigenvalue weighted by atomic mass is 16.4. The lowest BCUT2D eigenvalue weighted by molar-refractivity contribution is -0.137. The van der Waals surface area contributed by atoms with Crippen LogP contribution in [0.5, 0.6) is 0 Å². The number of rotatable bonds is 5. The number of carboxylic acid groups (broad SMARTS) is 1. The Morgan fingerprint density at radius 2 is 2.18 bits per heavy atom. The number of aryl methyl sites for hydroxylation is 1. The predicted molar refractivity (Wildman–Crippen MR) is 106 cm³/mol. The Labute approximate surface area is 162 Å². The third-order valence-electron chi connectivity index (χ3n) is 5.43. The van der Waals surface area contributed by atoms with Crippen molar-refractivity contribution in [2.45, 2.75) is 38.8 Å². The van der Waals surface area contributed by atoms with Gasteiger partial charge in [-0.2, -0.15) is 5.10 Å². The first-order chi connectivity index (χ1) is 13.5. The smallest absolute Gasteiger partial charge is 0.325 e. The summed E-state index contributed by atoms with van der Waals surface area (Å²) in [6.45, 7) is 4.22. The molecule has 1 fully saturated rings. The number of likely N-dealkylation sites (tertiary alicyclic amines) is 1. The number of piperidine rings is 1. The number of aliphatic carboxylic acids is 1. The van der Waals surface area contributed by atoms with Gasteiger partial charge < -0.3 is 10.1 Å². The number of fused-ring (bicyclic) bond motifs is 1. The molecule has 1 aliphatic heterocycles. The van der Waals surface area contributed by atoms with Crippen LogP contribution in [0.4, 0.5) is 0 Å². The van der Waals surface area contributed by atoms with Crippen molar-refractivity contribution in [3.63, 3.8) is 0 Å². The topological polar surface area (TPSA) is 91.2 Å². The number of benzene rings is 1. The zero-order valence-corrected chi connectivity index (χ0v) is 15.9. The Kier molecular flexibility index (Phi) is 5.00. The van der Waals surface area contributed by atoms with E-state index in [-0.39, 0.29) is 18.0 Å². The highest BCUT2D eigenvalue weighted by Crippen LogP contribution is 2.27. The summed E-state index contributed by atoms with van der Waals surface area (Å²) in [7, 11) is 0. The van der Waals surface area contributed by atoms with E-state index in [2.05, 4.69) is 21.0 Å². The number of hydrogen-bond donors (Lipinski definition) is 2. The number of hydrogen-bond acceptors (Lipinski definition) is 4. The van der Waals surface area contributed by atoms with Crippen LogP contribution in [0.1, 0.15) is 35.6 Å². The van der Waals surface area contributed by atoms with Gasteiger partial charge in [0.1, 0.15) is 6.54 Å². The maximum absolute atomic E-state index is 12.5. The number of H-pyrrole nitrogens is 1. The molecule has 0 bridgehead atoms. The first-order valence-corrected chi connectivity index (χ1v) is 9.58. The van der Waals surface area contributed by atoms with Crippen LogP contribution in [0.15, 0.2) is 41.3 Å². The maximum atomic E-state index is 12.5. The van der Waals surface area contributed by atoms with Crippen LogP contribution in [-0.4, -0.2) is 43.8 Å². The molecule has 0 spiro atoms. The first-order valence-electron chi connectivity index (χ1n) is 9.58. The molecule has 1 atom stereocenters. The van der Waals surface area contributed by atoms with Gasteiger partial charge in [0.2, 0.25) is 0 Å². The van der Waals surface area contributed by atoms with Crippen molar-refractivity contribution in [2.24, 2.45) is 0 Å². The summed E-state index contributed by atoms with van der Waals surface area (Å²) in [6, 6.07) is 9.91. The number of aromatic amines is 1. The first kappa shape index (κ1) is 18.4. The lowest BCUT2D eigenvalue weighted by Gasteiger charge is -2.32. The molecule has 2 aromatic heterocycles. The van der Waals surface area contributed by atoms with E-state index in [1.54, 1.807) is 10.9 Å². The molecule has 7 heteroatoms. The van der Waals surface area contributed by atoms with Crippen molar-refractivity contribution in [3.8, 4) is 0 Å². The molecule has 0 saturated carbocycles. The van der Waals surface area contributed by atoms with Crippen molar-refractivity contribution >= 4 is 16.9 Å². The minimum atomic E-state index is -0.893. The monoisotopic (exact) mass is 380 g/mol. The van der Waals surface area contributed by atoms with Crippen LogP contribution < -0.4 is 5.56 Å². The average Bonchev–Trinajstić information content (AvgIpc) is 3.10. The van der Waals surface area contributed by atoms with Gasteiger partial charge in [-0.05, 0) is 56.0 Å². The quantitative estimate of drug-likeness (QED) is 0.710. The normalized spacial score (nSPS) is 17.8. The Morgan fingerprint density at radius 1 is 1.32 bits per heavy atom. The van der Waals surface area contributed by atoms with Crippen molar-refractivity contribution in [1.29, 1.82) is 0 Å². The lowest BCUT2D eigenvalue weighted by Crippen LogP contribution is -2.36. The highest BCUT2D eigenvalue weighted by Gasteiger charge is 2.25. The lowest BCUT2D eigenvalue weighted by atomic mass is 9.94. The van der Waals surface area contributed by atoms with Gasteiger partial charge in [0.25, 0.3) is 5.56 Å². The summed E-state index contributed by atoms with van der Waals surface area (Å²) < 4.78 is 1.57. The Hall–Kier alpha value is -2.93. The summed E-state index contributed by atoms with van der Waals surface area (Å²) in [6.07, 6.45) is 3.66. The summed E-state index contributed by atoms with van der Waals surface area (Å²) >= 11 is 0. The molecule has 1 aliphatic rings. The molecule has 0 aliphatic carbocycles. The molecule has 1 aromatic carbocycles. The van der Waals surface area contributed by atoms with E-state index in [0.717, 1.165) is 53.7 Å². The summed E-state index contributed by atoms with van der Waals surface area (Å²) in [4.78, 5) is 28.8. The van der Waals surface area contributed by atoms with E-state index >= 15 is 0 Å². The van der Waals surface area contributed by atoms with Gasteiger partial charge in [0, 0.05) is 42.0 Å². The molecule has 0 unspecified atom stereocenters. The predicted octanol–water partition coefficient (Wildman–Crippen LogP) is 2.50. The molecule has 3 aromatic rings. The van der Waals surface area contributed by atoms with E-state index in [0.29, 0.717) is 6.54 Å². The summed E-state index contributed by atoms with van der Waals surface area (Å²) in [5.74, 6) is -0.673. The third-order valence-corrected chi connectivity index (χ3v) is 5.43. The molecular formula is C21H24N4O3. The van der Waals surface area contributed by atoms with Crippen LogP contribution >= 0.6 is 0 Å². The van der Waals surface area contributed by atoms with Gasteiger partial charge in [-0.25, -0.2) is 0 Å². The zero-order chi connectivity index (χ0) is 19.7. The largest absolute Gasteiger partial charge is 0.480 e. The molecule has 4 rings (SSSR count). The Balaban J connectivity index is 1.54. The van der Waals surface area contributed by atoms with Crippen molar-refractivity contribution in [3.05, 3.63) is 63.7 Å².